The summed E-state index contributed by atoms with van der Waals surface area (Å²) in [4.78, 5) is 79.6. The molecular weight excluding hydrogens is 899 g/mol. The number of amides is 4. The first-order valence-electron chi connectivity index (χ1n) is 23.9. The molecule has 1 aromatic heterocycles. The van der Waals surface area contributed by atoms with Crippen LogP contribution in [0.25, 0.3) is 0 Å². The van der Waals surface area contributed by atoms with Crippen molar-refractivity contribution in [1.29, 1.82) is 0 Å². The van der Waals surface area contributed by atoms with E-state index in [1.807, 2.05) is 114 Å². The van der Waals surface area contributed by atoms with Gasteiger partial charge in [-0.25, -0.2) is 19.7 Å². The number of aliphatic hydroxyl groups excluding tert-OH is 2. The quantitative estimate of drug-likeness (QED) is 0.101. The van der Waals surface area contributed by atoms with E-state index in [9.17, 15) is 10.2 Å². The summed E-state index contributed by atoms with van der Waals surface area (Å²) in [5.41, 5.74) is 1.79. The zero-order valence-corrected chi connectivity index (χ0v) is 39.1. The van der Waals surface area contributed by atoms with Crippen LogP contribution in [-0.2, 0) is 24.5 Å². The van der Waals surface area contributed by atoms with E-state index >= 15 is 19.2 Å². The molecule has 15 heteroatoms. The highest BCUT2D eigenvalue weighted by Crippen LogP contribution is 2.66. The van der Waals surface area contributed by atoms with Gasteiger partial charge >= 0.3 is 12.0 Å². The van der Waals surface area contributed by atoms with Gasteiger partial charge in [-0.3, -0.25) is 19.3 Å². The Hall–Kier alpha value is -7.90. The van der Waals surface area contributed by atoms with Crippen molar-refractivity contribution >= 4 is 35.5 Å². The zero-order valence-electron chi connectivity index (χ0n) is 39.1. The summed E-state index contributed by atoms with van der Waals surface area (Å²) in [5.74, 6) is 3.67. The molecule has 7 atom stereocenters. The highest BCUT2D eigenvalue weighted by Gasteiger charge is 2.76. The number of anilines is 2. The van der Waals surface area contributed by atoms with Crippen molar-refractivity contribution in [2.24, 2.45) is 5.92 Å². The molecule has 6 aromatic rings. The Kier molecular flexibility index (Phi) is 13.3. The predicted molar refractivity (Wildman–Crippen MR) is 264 cm³/mol. The molecule has 0 unspecified atom stereocenters. The number of aromatic nitrogens is 2. The molecule has 360 valence electrons. The molecule has 0 bridgehead atoms. The number of piperazine rings is 1. The Labute approximate surface area is 411 Å². The summed E-state index contributed by atoms with van der Waals surface area (Å²) >= 11 is 0. The van der Waals surface area contributed by atoms with Crippen molar-refractivity contribution in [3.05, 3.63) is 185 Å². The minimum absolute atomic E-state index is 0.0209. The van der Waals surface area contributed by atoms with Crippen LogP contribution in [0.15, 0.2) is 152 Å². The Morgan fingerprint density at radius 1 is 0.789 bits per heavy atom. The summed E-state index contributed by atoms with van der Waals surface area (Å²) < 4.78 is 12.7. The first-order valence-corrected chi connectivity index (χ1v) is 23.9. The summed E-state index contributed by atoms with van der Waals surface area (Å²) in [6, 6.07) is 37.8. The molecule has 4 aliphatic rings. The SMILES string of the molecule is C[C@@H](NC(=O)N1C(=O)[C@@]2(c3cc(C#CCCO)ccc31)[C@H](c1cccc(OCCO)c1)N1[C@H](c3ccccc3)[C@H](c3ccccc3)OC(=O)[C@H]1[C@@H]2C(=O)N1CCN(c2ncccn2)CC1)c1ccccc1. The Bertz CT molecular complexity index is 2970. The summed E-state index contributed by atoms with van der Waals surface area (Å²) in [6.07, 6.45) is 2.58. The van der Waals surface area contributed by atoms with Gasteiger partial charge in [-0.05, 0) is 71.1 Å². The second-order valence-corrected chi connectivity index (χ2v) is 18.0. The number of cyclic esters (lactones) is 1. The number of esters is 1. The van der Waals surface area contributed by atoms with Crippen LogP contribution in [0, 0.1) is 17.8 Å². The van der Waals surface area contributed by atoms with Crippen LogP contribution in [0.2, 0.25) is 0 Å². The summed E-state index contributed by atoms with van der Waals surface area (Å²) in [7, 11) is 0. The number of benzene rings is 5. The third-order valence-corrected chi connectivity index (χ3v) is 14.0. The topological polar surface area (TPSA) is 178 Å². The van der Waals surface area contributed by atoms with Gasteiger partial charge < -0.3 is 34.8 Å². The van der Waals surface area contributed by atoms with Gasteiger partial charge in [0, 0.05) is 50.6 Å². The summed E-state index contributed by atoms with van der Waals surface area (Å²) in [5, 5.41) is 22.7. The molecule has 10 rings (SSSR count). The van der Waals surface area contributed by atoms with Crippen molar-refractivity contribution < 1.29 is 38.9 Å². The van der Waals surface area contributed by atoms with Crippen molar-refractivity contribution in [1.82, 2.24) is 25.1 Å². The lowest BCUT2D eigenvalue weighted by atomic mass is 9.64. The number of carbonyl (C=O) groups is 4. The van der Waals surface area contributed by atoms with Gasteiger partial charge in [0.05, 0.1) is 42.9 Å². The first-order chi connectivity index (χ1) is 34.7. The number of ether oxygens (including phenoxy) is 2. The number of morpholine rings is 1. The van der Waals surface area contributed by atoms with E-state index in [1.165, 1.54) is 0 Å². The number of hydrogen-bond acceptors (Lipinski definition) is 12. The minimum atomic E-state index is -2.02. The number of rotatable bonds is 11. The number of carbonyl (C=O) groups excluding carboxylic acids is 4. The molecule has 4 aliphatic heterocycles. The number of nitrogens with zero attached hydrogens (tertiary/aromatic N) is 6. The molecule has 3 N–H and O–H groups in total. The smallest absolute Gasteiger partial charge is 0.329 e. The van der Waals surface area contributed by atoms with Crippen LogP contribution in [0.5, 0.6) is 5.75 Å². The second kappa shape index (κ2) is 20.2. The van der Waals surface area contributed by atoms with Crippen LogP contribution < -0.4 is 19.9 Å². The maximum absolute atomic E-state index is 16.8. The molecule has 5 aromatic carbocycles. The number of hydrogen-bond donors (Lipinski definition) is 3. The van der Waals surface area contributed by atoms with E-state index in [1.54, 1.807) is 59.8 Å². The highest BCUT2D eigenvalue weighted by molar-refractivity contribution is 6.24. The van der Waals surface area contributed by atoms with Gasteiger partial charge in [-0.15, -0.1) is 0 Å². The molecule has 0 aliphatic carbocycles. The standard InChI is InChI=1S/C56H53N7O8/c1-37(39-16-5-2-6-17-39)59-55(69)62-45-25-24-38(15-11-12-32-64)35-44(45)56(53(62)68)46(51(66)60-28-30-61(31-29-60)54-57-26-14-27-58-54)48-52(67)71-49(41-20-9-4-10-21-41)47(40-18-7-3-8-19-40)63(48)50(56)42-22-13-23-43(36-42)70-34-33-65/h2-10,13-14,16-27,35-37,46-50,64-65H,12,28-34H2,1H3,(H,59,69)/t37-,46-,47-,48-,49+,50+,56-/m1/s1. The fourth-order valence-electron chi connectivity index (χ4n) is 11.0. The second-order valence-electron chi connectivity index (χ2n) is 18.0. The third kappa shape index (κ3) is 8.54. The van der Waals surface area contributed by atoms with Gasteiger partial charge in [-0.1, -0.05) is 115 Å². The maximum Gasteiger partial charge on any atom is 0.329 e. The van der Waals surface area contributed by atoms with E-state index in [2.05, 4.69) is 27.1 Å². The molecule has 5 heterocycles. The molecule has 1 spiro atoms. The molecule has 0 radical (unpaired) electrons. The minimum Gasteiger partial charge on any atom is -0.491 e. The fourth-order valence-corrected chi connectivity index (χ4v) is 11.0. The number of aliphatic hydroxyl groups is 2. The number of fused-ring (bicyclic) bond motifs is 3. The van der Waals surface area contributed by atoms with E-state index in [0.717, 1.165) is 16.0 Å². The maximum atomic E-state index is 16.8. The average molecular weight is 952 g/mol. The van der Waals surface area contributed by atoms with E-state index in [4.69, 9.17) is 9.47 Å². The van der Waals surface area contributed by atoms with E-state index in [-0.39, 0.29) is 45.0 Å². The summed E-state index contributed by atoms with van der Waals surface area (Å²) in [6.45, 7) is 2.53. The van der Waals surface area contributed by atoms with Gasteiger partial charge in [0.2, 0.25) is 17.8 Å². The van der Waals surface area contributed by atoms with Crippen molar-refractivity contribution in [2.75, 3.05) is 55.8 Å². The number of imide groups is 1. The first kappa shape index (κ1) is 46.8. The van der Waals surface area contributed by atoms with Gasteiger partial charge in [0.15, 0.2) is 0 Å². The monoisotopic (exact) mass is 951 g/mol. The Morgan fingerprint density at radius 2 is 1.46 bits per heavy atom. The highest BCUT2D eigenvalue weighted by atomic mass is 16.6. The van der Waals surface area contributed by atoms with Gasteiger partial charge in [0.25, 0.3) is 0 Å². The molecule has 15 nitrogen and oxygen atoms in total. The van der Waals surface area contributed by atoms with Crippen molar-refractivity contribution in [3.8, 4) is 17.6 Å². The molecular formula is C56H53N7O8. The van der Waals surface area contributed by atoms with Gasteiger partial charge in [0.1, 0.15) is 29.9 Å². The lowest BCUT2D eigenvalue weighted by Gasteiger charge is -2.46. The number of urea groups is 1. The lowest BCUT2D eigenvalue weighted by Crippen LogP contribution is -2.59. The van der Waals surface area contributed by atoms with Crippen LogP contribution in [0.4, 0.5) is 16.4 Å². The molecule has 3 saturated heterocycles. The fraction of sp³-hybridized carbons (Fsp3) is 0.286. The Morgan fingerprint density at radius 3 is 2.15 bits per heavy atom. The third-order valence-electron chi connectivity index (χ3n) is 14.0. The van der Waals surface area contributed by atoms with Gasteiger partial charge in [-0.2, -0.15) is 0 Å². The largest absolute Gasteiger partial charge is 0.491 e. The van der Waals surface area contributed by atoms with Crippen LogP contribution >= 0.6 is 0 Å². The van der Waals surface area contributed by atoms with Crippen molar-refractivity contribution in [3.63, 3.8) is 0 Å². The van der Waals surface area contributed by atoms with Crippen molar-refractivity contribution in [2.45, 2.75) is 49.0 Å². The van der Waals surface area contributed by atoms with Crippen LogP contribution in [0.1, 0.15) is 71.0 Å². The zero-order chi connectivity index (χ0) is 49.1. The molecule has 4 amide bonds. The van der Waals surface area contributed by atoms with E-state index < -0.39 is 65.4 Å². The number of nitrogens with one attached hydrogen (secondary N) is 1. The van der Waals surface area contributed by atoms with Crippen LogP contribution in [-0.4, -0.2) is 106 Å². The predicted octanol–water partition coefficient (Wildman–Crippen LogP) is 6.07. The lowest BCUT2D eigenvalue weighted by molar-refractivity contribution is -0.179. The Balaban J connectivity index is 1.24. The van der Waals surface area contributed by atoms with Crippen LogP contribution in [0.3, 0.4) is 0 Å². The normalized spacial score (nSPS) is 23.0. The van der Waals surface area contributed by atoms with E-state index in [0.29, 0.717) is 47.0 Å². The average Bonchev–Trinajstić information content (AvgIpc) is 3.87. The molecule has 71 heavy (non-hydrogen) atoms. The molecule has 0 saturated carbocycles. The molecule has 3 fully saturated rings.